The van der Waals surface area contributed by atoms with Crippen LogP contribution in [0.25, 0.3) is 0 Å². The lowest BCUT2D eigenvalue weighted by atomic mass is 9.92. The van der Waals surface area contributed by atoms with Crippen molar-refractivity contribution < 1.29 is 9.26 Å². The second-order valence-electron chi connectivity index (χ2n) is 6.90. The summed E-state index contributed by atoms with van der Waals surface area (Å²) in [5.41, 5.74) is 3.27. The van der Waals surface area contributed by atoms with Crippen LogP contribution < -0.4 is 0 Å². The van der Waals surface area contributed by atoms with Crippen LogP contribution in [0, 0.1) is 13.8 Å². The Morgan fingerprint density at radius 2 is 2.25 bits per heavy atom. The maximum Gasteiger partial charge on any atom is 0.138 e. The summed E-state index contributed by atoms with van der Waals surface area (Å²) in [7, 11) is 0. The molecule has 0 radical (unpaired) electrons. The topological polar surface area (TPSA) is 51.4 Å². The Morgan fingerprint density at radius 3 is 2.96 bits per heavy atom. The zero-order valence-electron chi connectivity index (χ0n) is 14.2. The predicted octanol–water partition coefficient (Wildman–Crippen LogP) is 2.96. The molecule has 0 bridgehead atoms. The molecule has 4 rings (SSSR count). The molecule has 128 valence electrons. The summed E-state index contributed by atoms with van der Waals surface area (Å²) >= 11 is 2.07. The maximum atomic E-state index is 6.07. The Balaban J connectivity index is 1.26. The van der Waals surface area contributed by atoms with Crippen molar-refractivity contribution in [3.8, 4) is 0 Å². The molecule has 0 aromatic carbocycles. The molecule has 4 heterocycles. The van der Waals surface area contributed by atoms with Crippen molar-refractivity contribution in [1.29, 1.82) is 0 Å². The lowest BCUT2D eigenvalue weighted by Gasteiger charge is -2.47. The first-order valence-electron chi connectivity index (χ1n) is 8.43. The summed E-state index contributed by atoms with van der Waals surface area (Å²) in [4.78, 5) is 6.81. The van der Waals surface area contributed by atoms with Crippen LogP contribution in [0.3, 0.4) is 0 Å². The third-order valence-corrected chi connectivity index (χ3v) is 6.53. The van der Waals surface area contributed by atoms with E-state index in [0.29, 0.717) is 17.5 Å². The normalized spacial score (nSPS) is 22.8. The number of aryl methyl sites for hydroxylation is 2. The highest BCUT2D eigenvalue weighted by atomic mass is 32.2. The second kappa shape index (κ2) is 6.50. The quantitative estimate of drug-likeness (QED) is 0.830. The smallest absolute Gasteiger partial charge is 0.138 e. The van der Waals surface area contributed by atoms with Crippen molar-refractivity contribution in [2.75, 3.05) is 18.8 Å². The highest BCUT2D eigenvalue weighted by Crippen LogP contribution is 2.46. The number of hydrogen-bond donors (Lipinski definition) is 0. The molecule has 2 fully saturated rings. The van der Waals surface area contributed by atoms with E-state index in [4.69, 9.17) is 9.26 Å². The fourth-order valence-corrected chi connectivity index (χ4v) is 5.25. The number of likely N-dealkylation sites (tertiary alicyclic amines) is 1. The first-order chi connectivity index (χ1) is 11.6. The maximum absolute atomic E-state index is 6.07. The Kier molecular flexibility index (Phi) is 4.37. The first-order valence-corrected chi connectivity index (χ1v) is 9.42. The van der Waals surface area contributed by atoms with Crippen molar-refractivity contribution in [3.05, 3.63) is 47.1 Å². The minimum Gasteiger partial charge on any atom is -0.371 e. The molecule has 0 aliphatic carbocycles. The Bertz CT molecular complexity index is 678. The van der Waals surface area contributed by atoms with Gasteiger partial charge in [-0.25, -0.2) is 0 Å². The van der Waals surface area contributed by atoms with Crippen LogP contribution >= 0.6 is 11.8 Å². The monoisotopic (exact) mass is 345 g/mol. The van der Waals surface area contributed by atoms with Crippen molar-refractivity contribution in [2.24, 2.45) is 0 Å². The summed E-state index contributed by atoms with van der Waals surface area (Å²) in [5.74, 6) is 2.04. The molecule has 6 heteroatoms. The Morgan fingerprint density at radius 1 is 1.38 bits per heavy atom. The molecule has 1 atom stereocenters. The first kappa shape index (κ1) is 16.1. The Labute approximate surface area is 146 Å². The minimum absolute atomic E-state index is 0.346. The fraction of sp³-hybridized carbons (Fsp3) is 0.556. The molecule has 0 saturated carbocycles. The number of hydrogen-bond acceptors (Lipinski definition) is 6. The molecule has 1 spiro atoms. The molecule has 2 aliphatic heterocycles. The molecular formula is C18H23N3O2S. The van der Waals surface area contributed by atoms with Gasteiger partial charge in [-0.05, 0) is 32.4 Å². The van der Waals surface area contributed by atoms with Crippen LogP contribution in [0.4, 0.5) is 0 Å². The third-order valence-electron chi connectivity index (χ3n) is 4.95. The summed E-state index contributed by atoms with van der Waals surface area (Å²) in [6.07, 6.45) is 3.31. The molecule has 1 unspecified atom stereocenters. The van der Waals surface area contributed by atoms with E-state index in [1.165, 1.54) is 5.56 Å². The van der Waals surface area contributed by atoms with Gasteiger partial charge < -0.3 is 9.26 Å². The van der Waals surface area contributed by atoms with Crippen LogP contribution in [0.5, 0.6) is 0 Å². The molecule has 2 aliphatic rings. The summed E-state index contributed by atoms with van der Waals surface area (Å²) in [5, 5.41) is 4.05. The lowest BCUT2D eigenvalue weighted by Crippen LogP contribution is -2.58. The number of pyridine rings is 1. The molecule has 5 nitrogen and oxygen atoms in total. The average Bonchev–Trinajstić information content (AvgIpc) is 3.12. The molecular weight excluding hydrogens is 322 g/mol. The van der Waals surface area contributed by atoms with Gasteiger partial charge in [-0.1, -0.05) is 11.2 Å². The van der Waals surface area contributed by atoms with Gasteiger partial charge in [-0.15, -0.1) is 11.8 Å². The highest BCUT2D eigenvalue weighted by Gasteiger charge is 2.49. The molecule has 2 aromatic heterocycles. The summed E-state index contributed by atoms with van der Waals surface area (Å²) in [6, 6.07) is 5.97. The number of ether oxygens (including phenoxy) is 1. The van der Waals surface area contributed by atoms with E-state index in [2.05, 4.69) is 26.8 Å². The molecule has 0 amide bonds. The summed E-state index contributed by atoms with van der Waals surface area (Å²) < 4.78 is 11.7. The van der Waals surface area contributed by atoms with E-state index in [1.54, 1.807) is 0 Å². The van der Waals surface area contributed by atoms with Gasteiger partial charge in [0, 0.05) is 41.9 Å². The third kappa shape index (κ3) is 3.23. The van der Waals surface area contributed by atoms with E-state index < -0.39 is 0 Å². The molecule has 2 aromatic rings. The van der Waals surface area contributed by atoms with Gasteiger partial charge in [0.25, 0.3) is 0 Å². The van der Waals surface area contributed by atoms with Gasteiger partial charge in [0.05, 0.1) is 24.1 Å². The average molecular weight is 345 g/mol. The van der Waals surface area contributed by atoms with Crippen LogP contribution in [-0.4, -0.2) is 44.7 Å². The van der Waals surface area contributed by atoms with Gasteiger partial charge in [-0.2, -0.15) is 0 Å². The van der Waals surface area contributed by atoms with Crippen molar-refractivity contribution in [3.63, 3.8) is 0 Å². The molecule has 0 N–H and O–H groups in total. The number of rotatable bonds is 5. The van der Waals surface area contributed by atoms with E-state index in [0.717, 1.165) is 49.0 Å². The van der Waals surface area contributed by atoms with Gasteiger partial charge in [0.15, 0.2) is 0 Å². The van der Waals surface area contributed by atoms with Crippen LogP contribution in [0.2, 0.25) is 0 Å². The fourth-order valence-electron chi connectivity index (χ4n) is 3.65. The van der Waals surface area contributed by atoms with Gasteiger partial charge >= 0.3 is 0 Å². The number of thioether (sulfide) groups is 1. The van der Waals surface area contributed by atoms with Gasteiger partial charge in [0.2, 0.25) is 0 Å². The van der Waals surface area contributed by atoms with E-state index in [9.17, 15) is 0 Å². The lowest BCUT2D eigenvalue weighted by molar-refractivity contribution is 0.0250. The van der Waals surface area contributed by atoms with Crippen LogP contribution in [0.15, 0.2) is 28.9 Å². The van der Waals surface area contributed by atoms with Crippen molar-refractivity contribution in [1.82, 2.24) is 15.0 Å². The predicted molar refractivity (Wildman–Crippen MR) is 93.9 cm³/mol. The standard InChI is InChI=1S/C18H23N3O2S/c1-13-17(14(2)23-20-13)8-21-11-18(12-21)7-16(10-24-18)22-9-15-5-3-4-6-19-15/h3-6,16H,7-12H2,1-2H3. The zero-order chi connectivity index (χ0) is 16.6. The van der Waals surface area contributed by atoms with Crippen LogP contribution in [-0.2, 0) is 17.9 Å². The molecule has 24 heavy (non-hydrogen) atoms. The second-order valence-corrected chi connectivity index (χ2v) is 8.39. The number of aromatic nitrogens is 2. The van der Waals surface area contributed by atoms with E-state index in [1.807, 2.05) is 38.2 Å². The van der Waals surface area contributed by atoms with Crippen LogP contribution in [0.1, 0.15) is 29.1 Å². The highest BCUT2D eigenvalue weighted by molar-refractivity contribution is 8.01. The summed E-state index contributed by atoms with van der Waals surface area (Å²) in [6.45, 7) is 7.84. The van der Waals surface area contributed by atoms with E-state index in [-0.39, 0.29) is 0 Å². The number of nitrogens with zero attached hydrogens (tertiary/aromatic N) is 3. The van der Waals surface area contributed by atoms with E-state index >= 15 is 0 Å². The minimum atomic E-state index is 0.346. The van der Waals surface area contributed by atoms with Gasteiger partial charge in [-0.3, -0.25) is 9.88 Å². The van der Waals surface area contributed by atoms with Crippen molar-refractivity contribution in [2.45, 2.75) is 44.3 Å². The largest absolute Gasteiger partial charge is 0.371 e. The zero-order valence-corrected chi connectivity index (χ0v) is 15.0. The Hall–Kier alpha value is -1.37. The SMILES string of the molecule is Cc1noc(C)c1CN1CC2(CC(OCc3ccccn3)CS2)C1. The van der Waals surface area contributed by atoms with Gasteiger partial charge in [0.1, 0.15) is 5.76 Å². The molecule has 2 saturated heterocycles. The van der Waals surface area contributed by atoms with Crippen molar-refractivity contribution >= 4 is 11.8 Å².